The Labute approximate surface area is 170 Å². The number of aromatic nitrogens is 2. The zero-order chi connectivity index (χ0) is 19.5. The maximum atomic E-state index is 11.4. The number of rotatable bonds is 2. The molecule has 0 saturated heterocycles. The lowest BCUT2D eigenvalue weighted by atomic mass is 9.45. The molecule has 0 aromatic carbocycles. The maximum Gasteiger partial charge on any atom is 0.0851 e. The standard InChI is InChI=1S/C25H38N2O/c1-4-27-14-11-19(26-27)15-17-16-22-20-9-8-18-7-5-6-12-24(18,2)21(20)10-13-25(22,3)23(17)28/h11,14-15,18,20-23,28H,4-10,12-13,16H2,1-3H3/b17-15-/t18-,20+,21-,22-,23-,24+,25-/m1/s1. The average Bonchev–Trinajstić information content (AvgIpc) is 3.25. The molecule has 3 heteroatoms. The van der Waals surface area contributed by atoms with Crippen molar-refractivity contribution in [2.24, 2.45) is 34.5 Å². The first-order valence-corrected chi connectivity index (χ1v) is 11.9. The Hall–Kier alpha value is -1.09. The molecule has 1 aromatic heterocycles. The molecule has 4 aliphatic rings. The molecule has 0 aliphatic heterocycles. The van der Waals surface area contributed by atoms with Gasteiger partial charge in [0.2, 0.25) is 0 Å². The van der Waals surface area contributed by atoms with Gasteiger partial charge in [0.15, 0.2) is 0 Å². The summed E-state index contributed by atoms with van der Waals surface area (Å²) in [6.07, 6.45) is 16.2. The van der Waals surface area contributed by atoms with Crippen LogP contribution in [-0.4, -0.2) is 21.0 Å². The summed E-state index contributed by atoms with van der Waals surface area (Å²) in [7, 11) is 0. The molecule has 0 bridgehead atoms. The van der Waals surface area contributed by atoms with Crippen molar-refractivity contribution in [1.82, 2.24) is 9.78 Å². The van der Waals surface area contributed by atoms with Gasteiger partial charge in [-0.1, -0.05) is 26.7 Å². The van der Waals surface area contributed by atoms with E-state index < -0.39 is 0 Å². The SMILES string of the molecule is CCn1ccc(/C=C2/C[C@@H]3[C@H]4CC[C@H]5CCCC[C@]5(C)[C@@H]4CC[C@@]3(C)[C@@H]2O)n1. The largest absolute Gasteiger partial charge is 0.388 e. The highest BCUT2D eigenvalue weighted by Gasteiger charge is 2.60. The smallest absolute Gasteiger partial charge is 0.0851 e. The molecule has 5 rings (SSSR count). The van der Waals surface area contributed by atoms with Crippen LogP contribution in [0.3, 0.4) is 0 Å². The van der Waals surface area contributed by atoms with Crippen molar-refractivity contribution in [3.05, 3.63) is 23.5 Å². The first-order chi connectivity index (χ1) is 13.5. The fourth-order valence-electron chi connectivity index (χ4n) is 8.11. The summed E-state index contributed by atoms with van der Waals surface area (Å²) in [4.78, 5) is 0. The van der Waals surface area contributed by atoms with Gasteiger partial charge in [-0.15, -0.1) is 0 Å². The van der Waals surface area contributed by atoms with Gasteiger partial charge in [-0.25, -0.2) is 0 Å². The lowest BCUT2D eigenvalue weighted by Crippen LogP contribution is -2.53. The fraction of sp³-hybridized carbons (Fsp3) is 0.800. The Morgan fingerprint density at radius 1 is 1.11 bits per heavy atom. The van der Waals surface area contributed by atoms with E-state index >= 15 is 0 Å². The van der Waals surface area contributed by atoms with Gasteiger partial charge in [-0.2, -0.15) is 5.10 Å². The molecular formula is C25H38N2O. The molecule has 154 valence electrons. The third kappa shape index (κ3) is 2.68. The van der Waals surface area contributed by atoms with Crippen molar-refractivity contribution >= 4 is 6.08 Å². The van der Waals surface area contributed by atoms with Crippen molar-refractivity contribution in [3.63, 3.8) is 0 Å². The van der Waals surface area contributed by atoms with E-state index in [1.165, 1.54) is 56.9 Å². The minimum atomic E-state index is -0.290. The van der Waals surface area contributed by atoms with Gasteiger partial charge in [0, 0.05) is 18.2 Å². The summed E-state index contributed by atoms with van der Waals surface area (Å²) in [5.41, 5.74) is 2.89. The van der Waals surface area contributed by atoms with E-state index in [4.69, 9.17) is 0 Å². The van der Waals surface area contributed by atoms with Gasteiger partial charge in [0.05, 0.1) is 11.8 Å². The molecule has 3 nitrogen and oxygen atoms in total. The maximum absolute atomic E-state index is 11.4. The van der Waals surface area contributed by atoms with Crippen LogP contribution >= 0.6 is 0 Å². The summed E-state index contributed by atoms with van der Waals surface area (Å²) in [6.45, 7) is 8.04. The lowest BCUT2D eigenvalue weighted by molar-refractivity contribution is -0.119. The van der Waals surface area contributed by atoms with Gasteiger partial charge in [-0.05, 0) is 98.7 Å². The molecule has 28 heavy (non-hydrogen) atoms. The van der Waals surface area contributed by atoms with E-state index in [-0.39, 0.29) is 11.5 Å². The Bertz CT molecular complexity index is 766. The van der Waals surface area contributed by atoms with Crippen LogP contribution in [0.1, 0.15) is 84.3 Å². The zero-order valence-electron chi connectivity index (χ0n) is 18.0. The number of aliphatic hydroxyl groups is 1. The summed E-state index contributed by atoms with van der Waals surface area (Å²) < 4.78 is 1.98. The van der Waals surface area contributed by atoms with E-state index in [2.05, 4.69) is 38.0 Å². The summed E-state index contributed by atoms with van der Waals surface area (Å²) in [6, 6.07) is 2.09. The molecule has 0 unspecified atom stereocenters. The number of aryl methyl sites for hydroxylation is 1. The van der Waals surface area contributed by atoms with Crippen LogP contribution in [0.25, 0.3) is 6.08 Å². The van der Waals surface area contributed by atoms with Crippen LogP contribution in [0.2, 0.25) is 0 Å². The first-order valence-electron chi connectivity index (χ1n) is 11.9. The van der Waals surface area contributed by atoms with Crippen LogP contribution in [0.5, 0.6) is 0 Å². The predicted octanol–water partition coefficient (Wildman–Crippen LogP) is 5.69. The van der Waals surface area contributed by atoms with Gasteiger partial charge < -0.3 is 5.11 Å². The predicted molar refractivity (Wildman–Crippen MR) is 114 cm³/mol. The molecular weight excluding hydrogens is 344 g/mol. The summed E-state index contributed by atoms with van der Waals surface area (Å²) in [5, 5.41) is 16.0. The number of hydrogen-bond acceptors (Lipinski definition) is 2. The molecule has 4 aliphatic carbocycles. The lowest BCUT2D eigenvalue weighted by Gasteiger charge is -2.60. The van der Waals surface area contributed by atoms with Gasteiger partial charge in [0.1, 0.15) is 0 Å². The van der Waals surface area contributed by atoms with Crippen LogP contribution in [0.15, 0.2) is 17.8 Å². The molecule has 1 N–H and O–H groups in total. The topological polar surface area (TPSA) is 38.0 Å². The van der Waals surface area contributed by atoms with Crippen LogP contribution in [-0.2, 0) is 6.54 Å². The van der Waals surface area contributed by atoms with Gasteiger partial charge >= 0.3 is 0 Å². The normalized spacial score (nSPS) is 46.9. The van der Waals surface area contributed by atoms with Crippen LogP contribution in [0, 0.1) is 34.5 Å². The Balaban J connectivity index is 1.44. The van der Waals surface area contributed by atoms with Gasteiger partial charge in [0.25, 0.3) is 0 Å². The molecule has 1 heterocycles. The van der Waals surface area contributed by atoms with E-state index in [9.17, 15) is 5.11 Å². The zero-order valence-corrected chi connectivity index (χ0v) is 18.0. The molecule has 1 aromatic rings. The second-order valence-corrected chi connectivity index (χ2v) is 10.9. The monoisotopic (exact) mass is 382 g/mol. The van der Waals surface area contributed by atoms with Gasteiger partial charge in [-0.3, -0.25) is 4.68 Å². The Morgan fingerprint density at radius 2 is 1.96 bits per heavy atom. The highest BCUT2D eigenvalue weighted by molar-refractivity contribution is 5.52. The molecule has 4 fully saturated rings. The Kier molecular flexibility index (Phi) is 4.54. The van der Waals surface area contributed by atoms with E-state index in [1.54, 1.807) is 0 Å². The second kappa shape index (κ2) is 6.72. The van der Waals surface area contributed by atoms with Crippen LogP contribution < -0.4 is 0 Å². The number of aliphatic hydroxyl groups excluding tert-OH is 1. The number of nitrogens with zero attached hydrogens (tertiary/aromatic N) is 2. The van der Waals surface area contributed by atoms with E-state index in [1.807, 2.05) is 10.9 Å². The number of hydrogen-bond donors (Lipinski definition) is 1. The quantitative estimate of drug-likeness (QED) is 0.713. The van der Waals surface area contributed by atoms with Crippen molar-refractivity contribution < 1.29 is 5.11 Å². The van der Waals surface area contributed by atoms with Crippen molar-refractivity contribution in [2.75, 3.05) is 0 Å². The molecule has 0 radical (unpaired) electrons. The van der Waals surface area contributed by atoms with Crippen molar-refractivity contribution in [1.29, 1.82) is 0 Å². The fourth-order valence-corrected chi connectivity index (χ4v) is 8.11. The third-order valence-electron chi connectivity index (χ3n) is 9.77. The second-order valence-electron chi connectivity index (χ2n) is 10.9. The molecule has 0 amide bonds. The molecule has 0 spiro atoms. The third-order valence-corrected chi connectivity index (χ3v) is 9.77. The molecule has 4 saturated carbocycles. The highest BCUT2D eigenvalue weighted by Crippen LogP contribution is 2.66. The Morgan fingerprint density at radius 3 is 2.75 bits per heavy atom. The average molecular weight is 383 g/mol. The van der Waals surface area contributed by atoms with Crippen molar-refractivity contribution in [2.45, 2.75) is 91.2 Å². The van der Waals surface area contributed by atoms with Crippen molar-refractivity contribution in [3.8, 4) is 0 Å². The van der Waals surface area contributed by atoms with E-state index in [0.717, 1.165) is 36.4 Å². The summed E-state index contributed by atoms with van der Waals surface area (Å²) >= 11 is 0. The van der Waals surface area contributed by atoms with E-state index in [0.29, 0.717) is 11.3 Å². The minimum Gasteiger partial charge on any atom is -0.388 e. The highest BCUT2D eigenvalue weighted by atomic mass is 16.3. The first kappa shape index (κ1) is 18.9. The molecule has 7 atom stereocenters. The minimum absolute atomic E-state index is 0.0676. The summed E-state index contributed by atoms with van der Waals surface area (Å²) in [5.74, 6) is 3.31. The van der Waals surface area contributed by atoms with Crippen LogP contribution in [0.4, 0.5) is 0 Å². The number of fused-ring (bicyclic) bond motifs is 5.